The molecule has 1 aliphatic rings. The summed E-state index contributed by atoms with van der Waals surface area (Å²) in [6.07, 6.45) is 4.85. The summed E-state index contributed by atoms with van der Waals surface area (Å²) < 4.78 is 11.5. The highest BCUT2D eigenvalue weighted by Gasteiger charge is 2.31. The van der Waals surface area contributed by atoms with Crippen molar-refractivity contribution in [3.8, 4) is 5.75 Å². The van der Waals surface area contributed by atoms with E-state index in [2.05, 4.69) is 10.6 Å². The summed E-state index contributed by atoms with van der Waals surface area (Å²) in [4.78, 5) is 41.6. The van der Waals surface area contributed by atoms with Gasteiger partial charge in [0.15, 0.2) is 0 Å². The molecule has 1 saturated heterocycles. The van der Waals surface area contributed by atoms with E-state index in [9.17, 15) is 14.4 Å². The summed E-state index contributed by atoms with van der Waals surface area (Å²) >= 11 is 0. The lowest BCUT2D eigenvalue weighted by Gasteiger charge is -2.28. The summed E-state index contributed by atoms with van der Waals surface area (Å²) in [6.45, 7) is 11.2. The monoisotopic (exact) mass is 565 g/mol. The van der Waals surface area contributed by atoms with Gasteiger partial charge in [-0.05, 0) is 69.2 Å². The molecule has 1 heterocycles. The number of amides is 3. The van der Waals surface area contributed by atoms with Crippen molar-refractivity contribution in [2.45, 2.75) is 97.4 Å². The van der Waals surface area contributed by atoms with E-state index in [0.29, 0.717) is 31.9 Å². The lowest BCUT2D eigenvalue weighted by Crippen LogP contribution is -2.55. The summed E-state index contributed by atoms with van der Waals surface area (Å²) in [5.74, 6) is -0.0276. The van der Waals surface area contributed by atoms with Crippen LogP contribution in [0.5, 0.6) is 5.75 Å². The topological polar surface area (TPSA) is 97.0 Å². The van der Waals surface area contributed by atoms with E-state index in [-0.39, 0.29) is 24.3 Å². The molecule has 0 unspecified atom stereocenters. The number of carbonyl (C=O) groups is 3. The molecule has 3 amide bonds. The smallest absolute Gasteiger partial charge is 0.329 e. The van der Waals surface area contributed by atoms with Crippen LogP contribution in [0, 0.1) is 5.92 Å². The van der Waals surface area contributed by atoms with E-state index in [1.165, 1.54) is 0 Å². The number of hydrogen-bond acceptors (Lipinski definition) is 5. The molecule has 0 saturated carbocycles. The van der Waals surface area contributed by atoms with Crippen molar-refractivity contribution in [3.63, 3.8) is 0 Å². The molecule has 8 heteroatoms. The van der Waals surface area contributed by atoms with Gasteiger partial charge >= 0.3 is 12.0 Å². The molecule has 2 atom stereocenters. The number of hydrogen-bond donors (Lipinski definition) is 2. The van der Waals surface area contributed by atoms with E-state index < -0.39 is 23.7 Å². The van der Waals surface area contributed by atoms with E-state index in [4.69, 9.17) is 9.47 Å². The first kappa shape index (κ1) is 32.0. The Balaban J connectivity index is 1.70. The van der Waals surface area contributed by atoms with Gasteiger partial charge in [-0.3, -0.25) is 4.79 Å². The molecule has 0 aliphatic carbocycles. The minimum absolute atomic E-state index is 0.165. The van der Waals surface area contributed by atoms with Crippen molar-refractivity contribution < 1.29 is 23.9 Å². The number of likely N-dealkylation sites (tertiary alicyclic amines) is 1. The van der Waals surface area contributed by atoms with E-state index in [0.717, 1.165) is 36.8 Å². The maximum atomic E-state index is 13.5. The number of nitrogens with zero attached hydrogens (tertiary/aromatic N) is 1. The lowest BCUT2D eigenvalue weighted by atomic mass is 10.0. The molecule has 0 spiro atoms. The Morgan fingerprint density at radius 1 is 0.829 bits per heavy atom. The summed E-state index contributed by atoms with van der Waals surface area (Å²) in [7, 11) is 0. The highest BCUT2D eigenvalue weighted by Crippen LogP contribution is 2.18. The Kier molecular flexibility index (Phi) is 12.0. The molecule has 1 aliphatic heterocycles. The van der Waals surface area contributed by atoms with Crippen LogP contribution < -0.4 is 15.4 Å². The normalized spacial score (nSPS) is 15.4. The van der Waals surface area contributed by atoms with Gasteiger partial charge in [0.2, 0.25) is 5.91 Å². The van der Waals surface area contributed by atoms with Crippen molar-refractivity contribution in [1.29, 1.82) is 0 Å². The van der Waals surface area contributed by atoms with Crippen molar-refractivity contribution in [3.05, 3.63) is 65.7 Å². The largest absolute Gasteiger partial charge is 0.489 e. The van der Waals surface area contributed by atoms with Gasteiger partial charge in [0.1, 0.15) is 30.0 Å². The van der Waals surface area contributed by atoms with Crippen LogP contribution in [-0.2, 0) is 27.4 Å². The third-order valence-electron chi connectivity index (χ3n) is 6.83. The maximum Gasteiger partial charge on any atom is 0.329 e. The van der Waals surface area contributed by atoms with Gasteiger partial charge in [-0.15, -0.1) is 0 Å². The molecule has 0 radical (unpaired) electrons. The molecule has 1 fully saturated rings. The molecule has 2 aromatic carbocycles. The van der Waals surface area contributed by atoms with Crippen LogP contribution in [0.1, 0.15) is 77.8 Å². The van der Waals surface area contributed by atoms with Gasteiger partial charge in [-0.2, -0.15) is 0 Å². The average Bonchev–Trinajstić information content (AvgIpc) is 3.21. The number of rotatable bonds is 11. The summed E-state index contributed by atoms with van der Waals surface area (Å²) in [5.41, 5.74) is 1.21. The zero-order valence-electron chi connectivity index (χ0n) is 25.3. The predicted octanol–water partition coefficient (Wildman–Crippen LogP) is 5.63. The molecule has 41 heavy (non-hydrogen) atoms. The number of ether oxygens (including phenoxy) is 2. The third-order valence-corrected chi connectivity index (χ3v) is 6.83. The van der Waals surface area contributed by atoms with Crippen LogP contribution in [-0.4, -0.2) is 53.6 Å². The molecular weight excluding hydrogens is 518 g/mol. The SMILES string of the molecule is CC(C)C[C@H](NC(=O)N1CCCCCC1)C(=O)N[C@@H](Cc1ccc(OCc2ccccc2)cc1)C(=O)OC(C)(C)C. The average molecular weight is 566 g/mol. The summed E-state index contributed by atoms with van der Waals surface area (Å²) in [5, 5.41) is 5.84. The van der Waals surface area contributed by atoms with Crippen molar-refractivity contribution in [2.24, 2.45) is 5.92 Å². The molecule has 0 bridgehead atoms. The fraction of sp³-hybridized carbons (Fsp3) is 0.545. The number of nitrogens with one attached hydrogen (secondary N) is 2. The first-order valence-corrected chi connectivity index (χ1v) is 14.8. The fourth-order valence-electron chi connectivity index (χ4n) is 4.75. The molecule has 8 nitrogen and oxygen atoms in total. The van der Waals surface area contributed by atoms with E-state index in [1.807, 2.05) is 68.4 Å². The van der Waals surface area contributed by atoms with Gasteiger partial charge in [0.25, 0.3) is 0 Å². The Morgan fingerprint density at radius 2 is 1.46 bits per heavy atom. The van der Waals surface area contributed by atoms with Gasteiger partial charge in [0, 0.05) is 19.5 Å². The fourth-order valence-corrected chi connectivity index (χ4v) is 4.75. The third kappa shape index (κ3) is 11.5. The van der Waals surface area contributed by atoms with Crippen molar-refractivity contribution >= 4 is 17.9 Å². The van der Waals surface area contributed by atoms with Gasteiger partial charge in [-0.25, -0.2) is 9.59 Å². The second-order valence-corrected chi connectivity index (χ2v) is 12.2. The number of carbonyl (C=O) groups excluding carboxylic acids is 3. The quantitative estimate of drug-likeness (QED) is 0.344. The number of urea groups is 1. The summed E-state index contributed by atoms with van der Waals surface area (Å²) in [6, 6.07) is 15.5. The first-order chi connectivity index (χ1) is 19.5. The molecule has 2 aromatic rings. The molecule has 2 N–H and O–H groups in total. The zero-order valence-corrected chi connectivity index (χ0v) is 25.3. The molecule has 0 aromatic heterocycles. The standard InChI is InChI=1S/C33H47N3O5/c1-24(2)21-28(35-32(39)36-19-11-6-7-12-20-36)30(37)34-29(31(38)41-33(3,4)5)22-25-15-17-27(18-16-25)40-23-26-13-9-8-10-14-26/h8-10,13-18,24,28-29H,6-7,11-12,19-23H2,1-5H3,(H,34,37)(H,35,39)/t28-,29-/m0/s1. The minimum atomic E-state index is -0.914. The van der Waals surface area contributed by atoms with Crippen LogP contribution in [0.25, 0.3) is 0 Å². The Labute approximate surface area is 245 Å². The predicted molar refractivity (Wildman–Crippen MR) is 161 cm³/mol. The second-order valence-electron chi connectivity index (χ2n) is 12.2. The first-order valence-electron chi connectivity index (χ1n) is 14.8. The van der Waals surface area contributed by atoms with E-state index >= 15 is 0 Å². The number of benzene rings is 2. The van der Waals surface area contributed by atoms with Crippen LogP contribution in [0.15, 0.2) is 54.6 Å². The van der Waals surface area contributed by atoms with Crippen LogP contribution in [0.3, 0.4) is 0 Å². The molecular formula is C33H47N3O5. The highest BCUT2D eigenvalue weighted by molar-refractivity contribution is 5.90. The van der Waals surface area contributed by atoms with E-state index in [1.54, 1.807) is 25.7 Å². The van der Waals surface area contributed by atoms with Gasteiger partial charge in [0.05, 0.1) is 0 Å². The van der Waals surface area contributed by atoms with Gasteiger partial charge in [-0.1, -0.05) is 69.2 Å². The van der Waals surface area contributed by atoms with Crippen molar-refractivity contribution in [2.75, 3.05) is 13.1 Å². The van der Waals surface area contributed by atoms with Crippen LogP contribution in [0.4, 0.5) is 4.79 Å². The van der Waals surface area contributed by atoms with Crippen LogP contribution in [0.2, 0.25) is 0 Å². The minimum Gasteiger partial charge on any atom is -0.489 e. The maximum absolute atomic E-state index is 13.5. The van der Waals surface area contributed by atoms with Crippen molar-refractivity contribution in [1.82, 2.24) is 15.5 Å². The highest BCUT2D eigenvalue weighted by atomic mass is 16.6. The number of esters is 1. The lowest BCUT2D eigenvalue weighted by molar-refractivity contribution is -0.158. The van der Waals surface area contributed by atoms with Gasteiger partial charge < -0.3 is 25.0 Å². The second kappa shape index (κ2) is 15.5. The zero-order chi connectivity index (χ0) is 29.8. The molecule has 3 rings (SSSR count). The molecule has 224 valence electrons. The Bertz CT molecular complexity index is 1100. The Hall–Kier alpha value is -3.55. The van der Waals surface area contributed by atoms with Crippen LogP contribution >= 0.6 is 0 Å². The Morgan fingerprint density at radius 3 is 2.05 bits per heavy atom.